The molecule has 2 rings (SSSR count). The van der Waals surface area contributed by atoms with Crippen LogP contribution in [-0.4, -0.2) is 17.5 Å². The van der Waals surface area contributed by atoms with Crippen LogP contribution in [0.25, 0.3) is 11.1 Å². The highest BCUT2D eigenvalue weighted by Crippen LogP contribution is 2.22. The van der Waals surface area contributed by atoms with Gasteiger partial charge in [0.25, 0.3) is 0 Å². The van der Waals surface area contributed by atoms with Crippen molar-refractivity contribution in [3.8, 4) is 11.1 Å². The molecule has 134 valence electrons. The topological polar surface area (TPSA) is 37.3 Å². The van der Waals surface area contributed by atoms with Crippen molar-refractivity contribution in [2.24, 2.45) is 5.92 Å². The molecule has 0 spiro atoms. The summed E-state index contributed by atoms with van der Waals surface area (Å²) in [4.78, 5) is 12.5. The Balaban J connectivity index is 1.97. The molecule has 0 aliphatic heterocycles. The van der Waals surface area contributed by atoms with Crippen molar-refractivity contribution in [1.82, 2.24) is 0 Å². The molecule has 0 aromatic heterocycles. The third kappa shape index (κ3) is 5.82. The van der Waals surface area contributed by atoms with Gasteiger partial charge in [0.2, 0.25) is 0 Å². The average molecular weight is 338 g/mol. The number of aliphatic hydroxyl groups is 1. The Morgan fingerprint density at radius 3 is 2.08 bits per heavy atom. The quantitative estimate of drug-likeness (QED) is 0.447. The van der Waals surface area contributed by atoms with Crippen LogP contribution in [0.4, 0.5) is 0 Å². The van der Waals surface area contributed by atoms with Gasteiger partial charge >= 0.3 is 0 Å². The fraction of sp³-hybridized carbons (Fsp3) is 0.435. The number of carbonyl (C=O) groups is 1. The van der Waals surface area contributed by atoms with Gasteiger partial charge in [0, 0.05) is 18.1 Å². The zero-order valence-corrected chi connectivity index (χ0v) is 15.5. The van der Waals surface area contributed by atoms with Gasteiger partial charge in [-0.25, -0.2) is 0 Å². The highest BCUT2D eigenvalue weighted by atomic mass is 16.2. The molecule has 0 amide bonds. The van der Waals surface area contributed by atoms with Crippen LogP contribution in [-0.2, 0) is 6.42 Å². The van der Waals surface area contributed by atoms with Gasteiger partial charge in [-0.1, -0.05) is 88.1 Å². The van der Waals surface area contributed by atoms with E-state index in [9.17, 15) is 4.79 Å². The van der Waals surface area contributed by atoms with Gasteiger partial charge < -0.3 is 5.11 Å². The molecule has 2 nitrogen and oxygen atoms in total. The smallest absolute Gasteiger partial charge is 0.165 e. The van der Waals surface area contributed by atoms with E-state index in [0.717, 1.165) is 35.1 Å². The molecule has 0 fully saturated rings. The van der Waals surface area contributed by atoms with Crippen molar-refractivity contribution in [1.29, 1.82) is 0 Å². The highest BCUT2D eigenvalue weighted by molar-refractivity contribution is 5.98. The second-order valence-corrected chi connectivity index (χ2v) is 6.86. The fourth-order valence-corrected chi connectivity index (χ4v) is 3.11. The molecule has 0 heterocycles. The molecule has 1 N–H and O–H groups in total. The lowest BCUT2D eigenvalue weighted by Crippen LogP contribution is -2.11. The van der Waals surface area contributed by atoms with Gasteiger partial charge in [-0.3, -0.25) is 4.79 Å². The normalized spacial score (nSPS) is 12.1. The lowest BCUT2D eigenvalue weighted by Gasteiger charge is -2.11. The highest BCUT2D eigenvalue weighted by Gasteiger charge is 2.14. The van der Waals surface area contributed by atoms with Gasteiger partial charge in [0.05, 0.1) is 0 Å². The first-order valence-electron chi connectivity index (χ1n) is 9.50. The summed E-state index contributed by atoms with van der Waals surface area (Å²) in [5, 5.41) is 8.98. The number of rotatable bonds is 10. The largest absolute Gasteiger partial charge is 0.396 e. The fourth-order valence-electron chi connectivity index (χ4n) is 3.11. The molecular formula is C23H30O2. The number of hydrogen-bond acceptors (Lipinski definition) is 2. The van der Waals surface area contributed by atoms with Crippen LogP contribution < -0.4 is 0 Å². The number of carbonyl (C=O) groups excluding carboxylic acids is 1. The van der Waals surface area contributed by atoms with Gasteiger partial charge in [0.1, 0.15) is 0 Å². The summed E-state index contributed by atoms with van der Waals surface area (Å²) in [6.07, 6.45) is 6.51. The molecule has 0 saturated heterocycles. The van der Waals surface area contributed by atoms with Crippen molar-refractivity contribution in [3.05, 3.63) is 59.7 Å². The van der Waals surface area contributed by atoms with E-state index >= 15 is 0 Å². The van der Waals surface area contributed by atoms with E-state index in [1.807, 2.05) is 43.3 Å². The number of aliphatic hydroxyl groups excluding tert-OH is 1. The minimum atomic E-state index is 0.0977. The second kappa shape index (κ2) is 10.1. The predicted molar refractivity (Wildman–Crippen MR) is 105 cm³/mol. The van der Waals surface area contributed by atoms with Gasteiger partial charge in [-0.2, -0.15) is 0 Å². The first kappa shape index (κ1) is 19.4. The van der Waals surface area contributed by atoms with E-state index in [1.54, 1.807) is 0 Å². The summed E-state index contributed by atoms with van der Waals surface area (Å²) >= 11 is 0. The number of ketones is 1. The van der Waals surface area contributed by atoms with E-state index in [2.05, 4.69) is 19.1 Å². The number of Topliss-reactive ketones (excluding diaryl/α,β-unsaturated/α-hetero) is 1. The summed E-state index contributed by atoms with van der Waals surface area (Å²) in [5.74, 6) is 0.349. The summed E-state index contributed by atoms with van der Waals surface area (Å²) < 4.78 is 0. The Labute approximate surface area is 151 Å². The Hall–Kier alpha value is -1.93. The minimum absolute atomic E-state index is 0.0977. The van der Waals surface area contributed by atoms with Crippen molar-refractivity contribution < 1.29 is 9.90 Å². The average Bonchev–Trinajstić information content (AvgIpc) is 2.65. The molecule has 0 aliphatic carbocycles. The van der Waals surface area contributed by atoms with Crippen LogP contribution in [0, 0.1) is 5.92 Å². The number of hydrogen-bond donors (Lipinski definition) is 1. The first-order chi connectivity index (χ1) is 12.2. The maximum absolute atomic E-state index is 12.5. The zero-order chi connectivity index (χ0) is 18.1. The lowest BCUT2D eigenvalue weighted by molar-refractivity contribution is 0.0922. The zero-order valence-electron chi connectivity index (χ0n) is 15.5. The van der Waals surface area contributed by atoms with Crippen LogP contribution in [0.15, 0.2) is 48.5 Å². The summed E-state index contributed by atoms with van der Waals surface area (Å²) in [5.41, 5.74) is 4.19. The Kier molecular flexibility index (Phi) is 7.87. The Morgan fingerprint density at radius 2 is 1.52 bits per heavy atom. The van der Waals surface area contributed by atoms with Gasteiger partial charge in [-0.15, -0.1) is 0 Å². The Bertz CT molecular complexity index is 641. The van der Waals surface area contributed by atoms with E-state index in [1.165, 1.54) is 19.3 Å². The molecule has 1 atom stereocenters. The second-order valence-electron chi connectivity index (χ2n) is 6.86. The van der Waals surface area contributed by atoms with Crippen LogP contribution in [0.5, 0.6) is 0 Å². The summed E-state index contributed by atoms with van der Waals surface area (Å²) in [6.45, 7) is 4.42. The monoisotopic (exact) mass is 338 g/mol. The first-order valence-corrected chi connectivity index (χ1v) is 9.50. The molecule has 2 heteroatoms. The number of unbranched alkanes of at least 4 members (excludes halogenated alkanes) is 3. The maximum Gasteiger partial charge on any atom is 0.165 e. The molecule has 25 heavy (non-hydrogen) atoms. The molecule has 0 radical (unpaired) electrons. The third-order valence-corrected chi connectivity index (χ3v) is 4.80. The van der Waals surface area contributed by atoms with Crippen LogP contribution in [0.3, 0.4) is 0 Å². The molecule has 0 aliphatic rings. The molecule has 2 aromatic rings. The maximum atomic E-state index is 12.5. The van der Waals surface area contributed by atoms with Crippen molar-refractivity contribution in [3.63, 3.8) is 0 Å². The van der Waals surface area contributed by atoms with E-state index in [-0.39, 0.29) is 18.3 Å². The lowest BCUT2D eigenvalue weighted by atomic mass is 9.92. The number of benzene rings is 2. The van der Waals surface area contributed by atoms with Gasteiger partial charge in [-0.05, 0) is 29.5 Å². The molecular weight excluding hydrogens is 308 g/mol. The standard InChI is InChI=1S/C23H30O2/c1-3-4-5-6-7-18(2)23(25)22-14-12-21(13-15-22)20-10-8-19(9-11-20)16-17-24/h8-15,18,24H,3-7,16-17H2,1-2H3. The minimum Gasteiger partial charge on any atom is -0.396 e. The van der Waals surface area contributed by atoms with Crippen LogP contribution in [0.1, 0.15) is 61.9 Å². The van der Waals surface area contributed by atoms with Crippen LogP contribution in [0.2, 0.25) is 0 Å². The van der Waals surface area contributed by atoms with E-state index in [0.29, 0.717) is 6.42 Å². The van der Waals surface area contributed by atoms with E-state index < -0.39 is 0 Å². The van der Waals surface area contributed by atoms with E-state index in [4.69, 9.17) is 5.11 Å². The third-order valence-electron chi connectivity index (χ3n) is 4.80. The Morgan fingerprint density at radius 1 is 0.920 bits per heavy atom. The van der Waals surface area contributed by atoms with Gasteiger partial charge in [0.15, 0.2) is 5.78 Å². The SMILES string of the molecule is CCCCCCC(C)C(=O)c1ccc(-c2ccc(CCO)cc2)cc1. The van der Waals surface area contributed by atoms with Crippen molar-refractivity contribution in [2.45, 2.75) is 52.4 Å². The summed E-state index contributed by atoms with van der Waals surface area (Å²) in [7, 11) is 0. The molecule has 0 saturated carbocycles. The molecule has 2 aromatic carbocycles. The summed E-state index contributed by atoms with van der Waals surface area (Å²) in [6, 6.07) is 16.2. The van der Waals surface area contributed by atoms with Crippen molar-refractivity contribution in [2.75, 3.05) is 6.61 Å². The van der Waals surface area contributed by atoms with Crippen LogP contribution >= 0.6 is 0 Å². The molecule has 1 unspecified atom stereocenters. The predicted octanol–water partition coefficient (Wildman–Crippen LogP) is 5.68. The molecule has 0 bridgehead atoms. The van der Waals surface area contributed by atoms with Crippen molar-refractivity contribution >= 4 is 5.78 Å².